The SMILES string of the molecule is COc1c(SC)cccc1C(N)CCC(=O)O. The van der Waals surface area contributed by atoms with E-state index in [0.29, 0.717) is 6.42 Å². The maximum absolute atomic E-state index is 10.5. The average molecular weight is 255 g/mol. The fourth-order valence-corrected chi connectivity index (χ4v) is 2.24. The minimum atomic E-state index is -0.833. The van der Waals surface area contributed by atoms with Crippen molar-refractivity contribution in [2.45, 2.75) is 23.8 Å². The van der Waals surface area contributed by atoms with Crippen LogP contribution in [0.15, 0.2) is 23.1 Å². The summed E-state index contributed by atoms with van der Waals surface area (Å²) >= 11 is 1.58. The Hall–Kier alpha value is -1.20. The Morgan fingerprint density at radius 2 is 2.29 bits per heavy atom. The Morgan fingerprint density at radius 1 is 1.59 bits per heavy atom. The van der Waals surface area contributed by atoms with Gasteiger partial charge < -0.3 is 15.6 Å². The Morgan fingerprint density at radius 3 is 2.82 bits per heavy atom. The first-order valence-corrected chi connectivity index (χ1v) is 6.51. The van der Waals surface area contributed by atoms with Crippen LogP contribution in [0.25, 0.3) is 0 Å². The molecule has 5 heteroatoms. The van der Waals surface area contributed by atoms with Gasteiger partial charge in [0.05, 0.1) is 7.11 Å². The standard InChI is InChI=1S/C12H17NO3S/c1-16-12-8(4-3-5-10(12)17-2)9(13)6-7-11(14)15/h3-5,9H,6-7,13H2,1-2H3,(H,14,15). The maximum atomic E-state index is 10.5. The molecule has 0 amide bonds. The van der Waals surface area contributed by atoms with Crippen molar-refractivity contribution in [3.05, 3.63) is 23.8 Å². The van der Waals surface area contributed by atoms with Crippen LogP contribution in [0.2, 0.25) is 0 Å². The molecule has 0 saturated carbocycles. The van der Waals surface area contributed by atoms with Gasteiger partial charge in [-0.25, -0.2) is 0 Å². The highest BCUT2D eigenvalue weighted by atomic mass is 32.2. The summed E-state index contributed by atoms with van der Waals surface area (Å²) in [5.74, 6) is -0.0849. The molecular formula is C12H17NO3S. The molecular weight excluding hydrogens is 238 g/mol. The summed E-state index contributed by atoms with van der Waals surface area (Å²) in [5, 5.41) is 8.65. The summed E-state index contributed by atoms with van der Waals surface area (Å²) in [6, 6.07) is 5.43. The van der Waals surface area contributed by atoms with Crippen LogP contribution in [0.5, 0.6) is 5.75 Å². The molecule has 0 radical (unpaired) electrons. The maximum Gasteiger partial charge on any atom is 0.303 e. The molecule has 1 aromatic rings. The van der Waals surface area contributed by atoms with Gasteiger partial charge in [0.1, 0.15) is 5.75 Å². The lowest BCUT2D eigenvalue weighted by Crippen LogP contribution is -2.13. The molecule has 0 aliphatic rings. The predicted molar refractivity (Wildman–Crippen MR) is 68.6 cm³/mol. The molecule has 0 heterocycles. The molecule has 1 atom stereocenters. The minimum Gasteiger partial charge on any atom is -0.495 e. The zero-order chi connectivity index (χ0) is 12.8. The summed E-state index contributed by atoms with van der Waals surface area (Å²) in [7, 11) is 1.60. The summed E-state index contributed by atoms with van der Waals surface area (Å²) in [4.78, 5) is 11.5. The number of thioether (sulfide) groups is 1. The van der Waals surface area contributed by atoms with Crippen LogP contribution in [-0.2, 0) is 4.79 Å². The van der Waals surface area contributed by atoms with Gasteiger partial charge in [-0.15, -0.1) is 11.8 Å². The molecule has 0 aliphatic carbocycles. The number of rotatable bonds is 6. The Bertz CT molecular complexity index is 395. The van der Waals surface area contributed by atoms with E-state index >= 15 is 0 Å². The number of carbonyl (C=O) groups is 1. The van der Waals surface area contributed by atoms with E-state index in [4.69, 9.17) is 15.6 Å². The van der Waals surface area contributed by atoms with Crippen molar-refractivity contribution in [2.24, 2.45) is 5.73 Å². The highest BCUT2D eigenvalue weighted by Crippen LogP contribution is 2.34. The third kappa shape index (κ3) is 3.64. The molecule has 0 fully saturated rings. The first-order chi connectivity index (χ1) is 8.10. The van der Waals surface area contributed by atoms with Crippen LogP contribution in [0.4, 0.5) is 0 Å². The molecule has 0 aromatic heterocycles. The lowest BCUT2D eigenvalue weighted by molar-refractivity contribution is -0.137. The number of aliphatic carboxylic acids is 1. The number of carboxylic acids is 1. The second-order valence-corrected chi connectivity index (χ2v) is 4.47. The van der Waals surface area contributed by atoms with Crippen molar-refractivity contribution >= 4 is 17.7 Å². The number of methoxy groups -OCH3 is 1. The van der Waals surface area contributed by atoms with E-state index in [9.17, 15) is 4.79 Å². The summed E-state index contributed by atoms with van der Waals surface area (Å²) < 4.78 is 5.35. The molecule has 4 nitrogen and oxygen atoms in total. The quantitative estimate of drug-likeness (QED) is 0.763. The first kappa shape index (κ1) is 13.9. The molecule has 1 rings (SSSR count). The van der Waals surface area contributed by atoms with Crippen molar-refractivity contribution in [2.75, 3.05) is 13.4 Å². The summed E-state index contributed by atoms with van der Waals surface area (Å²) in [6.07, 6.45) is 2.43. The van der Waals surface area contributed by atoms with E-state index < -0.39 is 5.97 Å². The van der Waals surface area contributed by atoms with E-state index in [1.807, 2.05) is 24.5 Å². The van der Waals surface area contributed by atoms with Crippen LogP contribution in [-0.4, -0.2) is 24.4 Å². The molecule has 0 aliphatic heterocycles. The highest BCUT2D eigenvalue weighted by molar-refractivity contribution is 7.98. The third-order valence-corrected chi connectivity index (χ3v) is 3.26. The number of ether oxygens (including phenoxy) is 1. The van der Waals surface area contributed by atoms with Crippen LogP contribution >= 0.6 is 11.8 Å². The molecule has 94 valence electrons. The molecule has 0 saturated heterocycles. The van der Waals surface area contributed by atoms with Crippen LogP contribution in [0.3, 0.4) is 0 Å². The predicted octanol–water partition coefficient (Wildman–Crippen LogP) is 2.28. The lowest BCUT2D eigenvalue weighted by atomic mass is 10.0. The Balaban J connectivity index is 2.92. The number of benzene rings is 1. The fraction of sp³-hybridized carbons (Fsp3) is 0.417. The van der Waals surface area contributed by atoms with Crippen molar-refractivity contribution in [1.29, 1.82) is 0 Å². The summed E-state index contributed by atoms with van der Waals surface area (Å²) in [6.45, 7) is 0. The van der Waals surface area contributed by atoms with Gasteiger partial charge in [-0.3, -0.25) is 4.79 Å². The molecule has 1 aromatic carbocycles. The smallest absolute Gasteiger partial charge is 0.303 e. The average Bonchev–Trinajstić information content (AvgIpc) is 2.34. The normalized spacial score (nSPS) is 12.2. The molecule has 1 unspecified atom stereocenters. The number of hydrogen-bond acceptors (Lipinski definition) is 4. The van der Waals surface area contributed by atoms with Crippen LogP contribution < -0.4 is 10.5 Å². The number of para-hydroxylation sites is 1. The minimum absolute atomic E-state index is 0.0633. The van der Waals surface area contributed by atoms with E-state index in [-0.39, 0.29) is 12.5 Å². The Labute approximate surface area is 105 Å². The van der Waals surface area contributed by atoms with E-state index in [2.05, 4.69) is 0 Å². The van der Waals surface area contributed by atoms with Crippen molar-refractivity contribution in [1.82, 2.24) is 0 Å². The van der Waals surface area contributed by atoms with Gasteiger partial charge in [0.15, 0.2) is 0 Å². The van der Waals surface area contributed by atoms with Gasteiger partial charge in [-0.05, 0) is 18.7 Å². The molecule has 0 bridgehead atoms. The molecule has 3 N–H and O–H groups in total. The van der Waals surface area contributed by atoms with Gasteiger partial charge in [0.25, 0.3) is 0 Å². The molecule has 0 spiro atoms. The highest BCUT2D eigenvalue weighted by Gasteiger charge is 2.15. The number of hydrogen-bond donors (Lipinski definition) is 2. The monoisotopic (exact) mass is 255 g/mol. The Kier molecular flexibility index (Phi) is 5.31. The third-order valence-electron chi connectivity index (χ3n) is 2.50. The van der Waals surface area contributed by atoms with Gasteiger partial charge in [-0.2, -0.15) is 0 Å². The van der Waals surface area contributed by atoms with E-state index in [1.54, 1.807) is 18.9 Å². The first-order valence-electron chi connectivity index (χ1n) is 5.28. The fourth-order valence-electron chi connectivity index (χ4n) is 1.64. The van der Waals surface area contributed by atoms with Gasteiger partial charge in [-0.1, -0.05) is 12.1 Å². The topological polar surface area (TPSA) is 72.5 Å². The van der Waals surface area contributed by atoms with Gasteiger partial charge in [0, 0.05) is 22.9 Å². The van der Waals surface area contributed by atoms with E-state index in [1.165, 1.54) is 0 Å². The number of nitrogens with two attached hydrogens (primary N) is 1. The second-order valence-electron chi connectivity index (χ2n) is 3.62. The van der Waals surface area contributed by atoms with Crippen LogP contribution in [0.1, 0.15) is 24.4 Å². The lowest BCUT2D eigenvalue weighted by Gasteiger charge is -2.17. The largest absolute Gasteiger partial charge is 0.495 e. The zero-order valence-corrected chi connectivity index (χ0v) is 10.8. The van der Waals surface area contributed by atoms with Crippen molar-refractivity contribution < 1.29 is 14.6 Å². The summed E-state index contributed by atoms with van der Waals surface area (Å²) in [5.41, 5.74) is 6.85. The van der Waals surface area contributed by atoms with Gasteiger partial charge >= 0.3 is 5.97 Å². The van der Waals surface area contributed by atoms with Gasteiger partial charge in [0.2, 0.25) is 0 Å². The number of carboxylic acid groups (broad SMARTS) is 1. The second kappa shape index (κ2) is 6.51. The van der Waals surface area contributed by atoms with Crippen molar-refractivity contribution in [3.63, 3.8) is 0 Å². The van der Waals surface area contributed by atoms with Crippen LogP contribution in [0, 0.1) is 0 Å². The van der Waals surface area contributed by atoms with Crippen molar-refractivity contribution in [3.8, 4) is 5.75 Å². The zero-order valence-electron chi connectivity index (χ0n) is 9.97. The van der Waals surface area contributed by atoms with E-state index in [0.717, 1.165) is 16.2 Å². The molecule has 17 heavy (non-hydrogen) atoms.